The molecule has 20 heavy (non-hydrogen) atoms. The van der Waals surface area contributed by atoms with Crippen LogP contribution in [0.3, 0.4) is 0 Å². The smallest absolute Gasteiger partial charge is 0.153 e. The normalized spacial score (nSPS) is 10.2. The number of benzene rings is 2. The van der Waals surface area contributed by atoms with Crippen LogP contribution >= 0.6 is 0 Å². The van der Waals surface area contributed by atoms with Crippen molar-refractivity contribution in [1.29, 1.82) is 0 Å². The Balaban J connectivity index is 2.13. The van der Waals surface area contributed by atoms with Crippen molar-refractivity contribution in [2.45, 2.75) is 13.5 Å². The van der Waals surface area contributed by atoms with Crippen LogP contribution in [0, 0.1) is 12.7 Å². The Kier molecular flexibility index (Phi) is 4.35. The van der Waals surface area contributed by atoms with Crippen molar-refractivity contribution in [2.75, 3.05) is 7.11 Å². The molecule has 2 aromatic carbocycles. The lowest BCUT2D eigenvalue weighted by Gasteiger charge is -2.10. The van der Waals surface area contributed by atoms with Crippen LogP contribution in [0.1, 0.15) is 21.5 Å². The molecule has 2 rings (SSSR count). The van der Waals surface area contributed by atoms with Gasteiger partial charge in [-0.15, -0.1) is 0 Å². The average molecular weight is 274 g/mol. The highest BCUT2D eigenvalue weighted by Gasteiger charge is 2.08. The average Bonchev–Trinajstić information content (AvgIpc) is 2.48. The van der Waals surface area contributed by atoms with Crippen molar-refractivity contribution in [3.8, 4) is 11.5 Å². The van der Waals surface area contributed by atoms with E-state index >= 15 is 0 Å². The monoisotopic (exact) mass is 274 g/mol. The second kappa shape index (κ2) is 6.19. The van der Waals surface area contributed by atoms with E-state index in [1.54, 1.807) is 14.0 Å². The number of carbonyl (C=O) groups is 1. The van der Waals surface area contributed by atoms with Gasteiger partial charge < -0.3 is 9.47 Å². The van der Waals surface area contributed by atoms with Gasteiger partial charge in [-0.05, 0) is 36.2 Å². The first-order chi connectivity index (χ1) is 9.63. The van der Waals surface area contributed by atoms with Crippen LogP contribution in [0.25, 0.3) is 0 Å². The molecular formula is C16H15FO3. The van der Waals surface area contributed by atoms with Gasteiger partial charge in [-0.25, -0.2) is 4.39 Å². The van der Waals surface area contributed by atoms with Crippen LogP contribution < -0.4 is 9.47 Å². The summed E-state index contributed by atoms with van der Waals surface area (Å²) in [5, 5.41) is 0. The summed E-state index contributed by atoms with van der Waals surface area (Å²) in [7, 11) is 1.59. The zero-order valence-corrected chi connectivity index (χ0v) is 11.4. The Morgan fingerprint density at radius 3 is 2.50 bits per heavy atom. The van der Waals surface area contributed by atoms with E-state index in [2.05, 4.69) is 0 Å². The minimum absolute atomic E-state index is 0.249. The molecule has 0 saturated heterocycles. The Morgan fingerprint density at radius 1 is 1.20 bits per heavy atom. The Morgan fingerprint density at radius 2 is 1.90 bits per heavy atom. The van der Waals surface area contributed by atoms with Gasteiger partial charge in [0.1, 0.15) is 23.9 Å². The van der Waals surface area contributed by atoms with Crippen molar-refractivity contribution >= 4 is 6.29 Å². The number of aldehydes is 1. The molecule has 0 aromatic heterocycles. The first-order valence-electron chi connectivity index (χ1n) is 6.15. The third kappa shape index (κ3) is 3.15. The zero-order valence-electron chi connectivity index (χ0n) is 11.4. The largest absolute Gasteiger partial charge is 0.497 e. The lowest BCUT2D eigenvalue weighted by Crippen LogP contribution is -2.00. The molecule has 4 heteroatoms. The number of hydrogen-bond acceptors (Lipinski definition) is 3. The molecule has 0 heterocycles. The maximum absolute atomic E-state index is 13.5. The van der Waals surface area contributed by atoms with Gasteiger partial charge in [0.15, 0.2) is 6.29 Å². The van der Waals surface area contributed by atoms with Gasteiger partial charge in [-0.3, -0.25) is 4.79 Å². The molecule has 0 N–H and O–H groups in total. The standard InChI is InChI=1S/C16H15FO3/c1-11-7-13(9-18)16(8-15(11)17)20-10-12-3-5-14(19-2)6-4-12/h3-9H,10H2,1-2H3. The van der Waals surface area contributed by atoms with E-state index in [0.29, 0.717) is 17.4 Å². The first kappa shape index (κ1) is 14.1. The van der Waals surface area contributed by atoms with Gasteiger partial charge in [0.05, 0.1) is 12.7 Å². The molecule has 0 amide bonds. The molecule has 0 aliphatic rings. The zero-order chi connectivity index (χ0) is 14.5. The molecule has 2 aromatic rings. The lowest BCUT2D eigenvalue weighted by molar-refractivity contribution is 0.111. The number of carbonyl (C=O) groups excluding carboxylic acids is 1. The Bertz CT molecular complexity index is 606. The van der Waals surface area contributed by atoms with Crippen molar-refractivity contribution in [3.63, 3.8) is 0 Å². The second-order valence-corrected chi connectivity index (χ2v) is 4.39. The number of methoxy groups -OCH3 is 1. The lowest BCUT2D eigenvalue weighted by atomic mass is 10.1. The molecule has 0 radical (unpaired) electrons. The molecule has 104 valence electrons. The van der Waals surface area contributed by atoms with E-state index in [1.165, 1.54) is 12.1 Å². The van der Waals surface area contributed by atoms with Crippen LogP contribution in [0.15, 0.2) is 36.4 Å². The summed E-state index contributed by atoms with van der Waals surface area (Å²) in [5.41, 5.74) is 1.67. The quantitative estimate of drug-likeness (QED) is 0.782. The van der Waals surface area contributed by atoms with E-state index in [0.717, 1.165) is 11.3 Å². The molecule has 0 spiro atoms. The van der Waals surface area contributed by atoms with Crippen molar-refractivity contribution in [2.24, 2.45) is 0 Å². The number of rotatable bonds is 5. The third-order valence-electron chi connectivity index (χ3n) is 2.97. The minimum atomic E-state index is -0.389. The van der Waals surface area contributed by atoms with E-state index < -0.39 is 0 Å². The molecule has 0 aliphatic heterocycles. The van der Waals surface area contributed by atoms with E-state index in [1.807, 2.05) is 24.3 Å². The summed E-state index contributed by atoms with van der Waals surface area (Å²) in [6.07, 6.45) is 0.662. The van der Waals surface area contributed by atoms with E-state index in [-0.39, 0.29) is 18.2 Å². The van der Waals surface area contributed by atoms with E-state index in [4.69, 9.17) is 9.47 Å². The SMILES string of the molecule is COc1ccc(COc2cc(F)c(C)cc2C=O)cc1. The van der Waals surface area contributed by atoms with Crippen LogP contribution in [0.4, 0.5) is 4.39 Å². The summed E-state index contributed by atoms with van der Waals surface area (Å²) < 4.78 is 24.1. The second-order valence-electron chi connectivity index (χ2n) is 4.39. The highest BCUT2D eigenvalue weighted by atomic mass is 19.1. The van der Waals surface area contributed by atoms with Gasteiger partial charge >= 0.3 is 0 Å². The first-order valence-corrected chi connectivity index (χ1v) is 6.15. The molecule has 0 saturated carbocycles. The molecule has 0 unspecified atom stereocenters. The summed E-state index contributed by atoms with van der Waals surface area (Å²) in [6.45, 7) is 1.86. The fraction of sp³-hybridized carbons (Fsp3) is 0.188. The van der Waals surface area contributed by atoms with Crippen LogP contribution in [-0.4, -0.2) is 13.4 Å². The predicted molar refractivity (Wildman–Crippen MR) is 73.9 cm³/mol. The minimum Gasteiger partial charge on any atom is -0.497 e. The predicted octanol–water partition coefficient (Wildman–Crippen LogP) is 3.53. The highest BCUT2D eigenvalue weighted by Crippen LogP contribution is 2.22. The van der Waals surface area contributed by atoms with Crippen molar-refractivity contribution < 1.29 is 18.7 Å². The van der Waals surface area contributed by atoms with Gasteiger partial charge in [0.25, 0.3) is 0 Å². The summed E-state index contributed by atoms with van der Waals surface area (Å²) in [5.74, 6) is 0.614. The maximum Gasteiger partial charge on any atom is 0.153 e. The molecule has 0 bridgehead atoms. The molecule has 3 nitrogen and oxygen atoms in total. The summed E-state index contributed by atoms with van der Waals surface area (Å²) >= 11 is 0. The topological polar surface area (TPSA) is 35.5 Å². The van der Waals surface area contributed by atoms with Crippen molar-refractivity contribution in [1.82, 2.24) is 0 Å². The Labute approximate surface area is 117 Å². The molecule has 0 atom stereocenters. The fourth-order valence-electron chi connectivity index (χ4n) is 1.79. The van der Waals surface area contributed by atoms with Crippen LogP contribution in [-0.2, 0) is 6.61 Å². The summed E-state index contributed by atoms with van der Waals surface area (Å²) in [4.78, 5) is 11.0. The van der Waals surface area contributed by atoms with Gasteiger partial charge in [0, 0.05) is 6.07 Å². The van der Waals surface area contributed by atoms with Crippen LogP contribution in [0.2, 0.25) is 0 Å². The number of aryl methyl sites for hydroxylation is 1. The highest BCUT2D eigenvalue weighted by molar-refractivity contribution is 5.79. The Hall–Kier alpha value is -2.36. The number of hydrogen-bond donors (Lipinski definition) is 0. The third-order valence-corrected chi connectivity index (χ3v) is 2.97. The maximum atomic E-state index is 13.5. The summed E-state index contributed by atoms with van der Waals surface area (Å²) in [6, 6.07) is 10.0. The molecule has 0 aliphatic carbocycles. The van der Waals surface area contributed by atoms with Gasteiger partial charge in [0.2, 0.25) is 0 Å². The van der Waals surface area contributed by atoms with E-state index in [9.17, 15) is 9.18 Å². The number of ether oxygens (including phenoxy) is 2. The van der Waals surface area contributed by atoms with Gasteiger partial charge in [-0.1, -0.05) is 12.1 Å². The fourth-order valence-corrected chi connectivity index (χ4v) is 1.79. The molecular weight excluding hydrogens is 259 g/mol. The van der Waals surface area contributed by atoms with Gasteiger partial charge in [-0.2, -0.15) is 0 Å². The number of halogens is 1. The molecule has 0 fully saturated rings. The van der Waals surface area contributed by atoms with Crippen molar-refractivity contribution in [3.05, 3.63) is 58.9 Å². The van der Waals surface area contributed by atoms with Crippen LogP contribution in [0.5, 0.6) is 11.5 Å².